The molecular formula is C22H26N2O6. The van der Waals surface area contributed by atoms with Crippen molar-refractivity contribution in [2.24, 2.45) is 0 Å². The summed E-state index contributed by atoms with van der Waals surface area (Å²) < 4.78 is 33.0. The smallest absolute Gasteiger partial charge is 0.231 e. The number of fused-ring (bicyclic) bond motifs is 2. The Bertz CT molecular complexity index is 851. The standard InChI is InChI=1S/C22H26N2O6/c1-25-17-7-15(9-19-21(17)29-13-27-19)11-23-3-5-24(6-4-23)12-16-8-18(26-2)22-20(10-16)28-14-30-22/h7-10H,3-6,11-14H2,1-2H3. The molecule has 5 rings (SSSR count). The van der Waals surface area contributed by atoms with E-state index in [-0.39, 0.29) is 13.6 Å². The second kappa shape index (κ2) is 8.12. The van der Waals surface area contributed by atoms with E-state index in [0.29, 0.717) is 11.5 Å². The van der Waals surface area contributed by atoms with E-state index in [9.17, 15) is 0 Å². The van der Waals surface area contributed by atoms with Crippen molar-refractivity contribution in [2.75, 3.05) is 54.0 Å². The van der Waals surface area contributed by atoms with Crippen molar-refractivity contribution in [3.63, 3.8) is 0 Å². The summed E-state index contributed by atoms with van der Waals surface area (Å²) in [4.78, 5) is 4.90. The number of benzene rings is 2. The van der Waals surface area contributed by atoms with Crippen molar-refractivity contribution in [1.82, 2.24) is 9.80 Å². The van der Waals surface area contributed by atoms with Gasteiger partial charge in [0.1, 0.15) is 0 Å². The molecule has 8 heteroatoms. The average molecular weight is 414 g/mol. The van der Waals surface area contributed by atoms with Crippen LogP contribution in [0.3, 0.4) is 0 Å². The number of hydrogen-bond acceptors (Lipinski definition) is 8. The third-order valence-corrected chi connectivity index (χ3v) is 5.71. The third kappa shape index (κ3) is 3.68. The van der Waals surface area contributed by atoms with Crippen LogP contribution in [-0.2, 0) is 13.1 Å². The monoisotopic (exact) mass is 414 g/mol. The van der Waals surface area contributed by atoms with Gasteiger partial charge in [0, 0.05) is 39.3 Å². The van der Waals surface area contributed by atoms with E-state index in [2.05, 4.69) is 21.9 Å². The van der Waals surface area contributed by atoms with Gasteiger partial charge >= 0.3 is 0 Å². The molecule has 0 aliphatic carbocycles. The first kappa shape index (κ1) is 19.1. The Labute approximate surface area is 175 Å². The number of ether oxygens (including phenoxy) is 6. The van der Waals surface area contributed by atoms with Crippen molar-refractivity contribution < 1.29 is 28.4 Å². The highest BCUT2D eigenvalue weighted by molar-refractivity contribution is 5.55. The van der Waals surface area contributed by atoms with Crippen LogP contribution in [0.1, 0.15) is 11.1 Å². The zero-order chi connectivity index (χ0) is 20.5. The van der Waals surface area contributed by atoms with Gasteiger partial charge in [-0.25, -0.2) is 0 Å². The summed E-state index contributed by atoms with van der Waals surface area (Å²) in [6.45, 7) is 6.21. The number of nitrogens with zero attached hydrogens (tertiary/aromatic N) is 2. The van der Waals surface area contributed by atoms with E-state index in [1.165, 1.54) is 11.1 Å². The predicted octanol–water partition coefficient (Wildman–Crippen LogP) is 2.48. The largest absolute Gasteiger partial charge is 0.493 e. The van der Waals surface area contributed by atoms with Gasteiger partial charge in [-0.05, 0) is 35.4 Å². The normalized spacial score (nSPS) is 17.9. The molecule has 8 nitrogen and oxygen atoms in total. The predicted molar refractivity (Wildman–Crippen MR) is 109 cm³/mol. The molecular weight excluding hydrogens is 388 g/mol. The molecule has 160 valence electrons. The van der Waals surface area contributed by atoms with E-state index >= 15 is 0 Å². The molecule has 0 aromatic heterocycles. The van der Waals surface area contributed by atoms with Crippen molar-refractivity contribution in [3.05, 3.63) is 35.4 Å². The molecule has 30 heavy (non-hydrogen) atoms. The van der Waals surface area contributed by atoms with Crippen LogP contribution in [0, 0.1) is 0 Å². The highest BCUT2D eigenvalue weighted by atomic mass is 16.7. The molecule has 0 amide bonds. The highest BCUT2D eigenvalue weighted by Crippen LogP contribution is 2.43. The molecule has 0 radical (unpaired) electrons. The van der Waals surface area contributed by atoms with Crippen LogP contribution < -0.4 is 28.4 Å². The number of methoxy groups -OCH3 is 2. The van der Waals surface area contributed by atoms with Gasteiger partial charge in [-0.2, -0.15) is 0 Å². The molecule has 0 N–H and O–H groups in total. The quantitative estimate of drug-likeness (QED) is 0.715. The van der Waals surface area contributed by atoms with Gasteiger partial charge in [0.15, 0.2) is 23.0 Å². The maximum Gasteiger partial charge on any atom is 0.231 e. The molecule has 2 aromatic rings. The van der Waals surface area contributed by atoms with Crippen LogP contribution in [0.2, 0.25) is 0 Å². The summed E-state index contributed by atoms with van der Waals surface area (Å²) in [6.07, 6.45) is 0. The zero-order valence-corrected chi connectivity index (χ0v) is 17.3. The molecule has 1 saturated heterocycles. The highest BCUT2D eigenvalue weighted by Gasteiger charge is 2.24. The number of piperazine rings is 1. The topological polar surface area (TPSA) is 61.9 Å². The molecule has 3 aliphatic rings. The van der Waals surface area contributed by atoms with E-state index in [0.717, 1.165) is 62.3 Å². The first-order chi connectivity index (χ1) is 14.7. The minimum Gasteiger partial charge on any atom is -0.493 e. The Morgan fingerprint density at radius 1 is 0.667 bits per heavy atom. The van der Waals surface area contributed by atoms with Crippen molar-refractivity contribution in [3.8, 4) is 34.5 Å². The van der Waals surface area contributed by atoms with Crippen molar-refractivity contribution >= 4 is 0 Å². The molecule has 1 fully saturated rings. The fourth-order valence-corrected chi connectivity index (χ4v) is 4.17. The zero-order valence-electron chi connectivity index (χ0n) is 17.3. The first-order valence-electron chi connectivity index (χ1n) is 10.1. The Kier molecular flexibility index (Phi) is 5.18. The van der Waals surface area contributed by atoms with E-state index in [4.69, 9.17) is 28.4 Å². The van der Waals surface area contributed by atoms with E-state index in [1.807, 2.05) is 12.1 Å². The van der Waals surface area contributed by atoms with Gasteiger partial charge in [-0.1, -0.05) is 0 Å². The summed E-state index contributed by atoms with van der Waals surface area (Å²) in [5, 5.41) is 0. The Balaban J connectivity index is 1.19. The number of hydrogen-bond donors (Lipinski definition) is 0. The van der Waals surface area contributed by atoms with Crippen LogP contribution in [0.5, 0.6) is 34.5 Å². The van der Waals surface area contributed by atoms with Gasteiger partial charge in [-0.15, -0.1) is 0 Å². The fraction of sp³-hybridized carbons (Fsp3) is 0.455. The van der Waals surface area contributed by atoms with Crippen molar-refractivity contribution in [1.29, 1.82) is 0 Å². The summed E-state index contributed by atoms with van der Waals surface area (Å²) in [6, 6.07) is 8.18. The van der Waals surface area contributed by atoms with Crippen LogP contribution in [0.15, 0.2) is 24.3 Å². The summed E-state index contributed by atoms with van der Waals surface area (Å²) in [5.74, 6) is 4.39. The summed E-state index contributed by atoms with van der Waals surface area (Å²) in [7, 11) is 3.32. The molecule has 0 spiro atoms. The van der Waals surface area contributed by atoms with E-state index < -0.39 is 0 Å². The summed E-state index contributed by atoms with van der Waals surface area (Å²) >= 11 is 0. The SMILES string of the molecule is COc1cc(CN2CCN(Cc3cc(OC)c4c(c3)OCO4)CC2)cc2c1OCO2. The van der Waals surface area contributed by atoms with Crippen LogP contribution in [0.25, 0.3) is 0 Å². The molecule has 2 aromatic carbocycles. The second-order valence-electron chi connectivity index (χ2n) is 7.62. The lowest BCUT2D eigenvalue weighted by molar-refractivity contribution is 0.122. The van der Waals surface area contributed by atoms with Crippen molar-refractivity contribution in [2.45, 2.75) is 13.1 Å². The van der Waals surface area contributed by atoms with Crippen LogP contribution >= 0.6 is 0 Å². The van der Waals surface area contributed by atoms with Gasteiger partial charge in [0.25, 0.3) is 0 Å². The molecule has 0 atom stereocenters. The lowest BCUT2D eigenvalue weighted by atomic mass is 10.1. The molecule has 0 unspecified atom stereocenters. The Hall–Kier alpha value is -2.84. The van der Waals surface area contributed by atoms with Gasteiger partial charge in [-0.3, -0.25) is 9.80 Å². The van der Waals surface area contributed by atoms with Gasteiger partial charge in [0.2, 0.25) is 25.1 Å². The van der Waals surface area contributed by atoms with E-state index in [1.54, 1.807) is 14.2 Å². The molecule has 3 heterocycles. The Morgan fingerprint density at radius 3 is 1.50 bits per heavy atom. The molecule has 0 saturated carbocycles. The van der Waals surface area contributed by atoms with Gasteiger partial charge < -0.3 is 28.4 Å². The second-order valence-corrected chi connectivity index (χ2v) is 7.62. The van der Waals surface area contributed by atoms with Gasteiger partial charge in [0.05, 0.1) is 14.2 Å². The fourth-order valence-electron chi connectivity index (χ4n) is 4.17. The minimum absolute atomic E-state index is 0.248. The summed E-state index contributed by atoms with van der Waals surface area (Å²) in [5.41, 5.74) is 2.34. The van der Waals surface area contributed by atoms with Crippen LogP contribution in [0.4, 0.5) is 0 Å². The number of rotatable bonds is 6. The average Bonchev–Trinajstić information content (AvgIpc) is 3.43. The Morgan fingerprint density at radius 2 is 1.10 bits per heavy atom. The maximum absolute atomic E-state index is 5.55. The minimum atomic E-state index is 0.248. The lowest BCUT2D eigenvalue weighted by Crippen LogP contribution is -2.45. The third-order valence-electron chi connectivity index (χ3n) is 5.71. The van der Waals surface area contributed by atoms with Crippen LogP contribution in [-0.4, -0.2) is 63.8 Å². The molecule has 3 aliphatic heterocycles. The lowest BCUT2D eigenvalue weighted by Gasteiger charge is -2.34. The molecule has 0 bridgehead atoms. The first-order valence-corrected chi connectivity index (χ1v) is 10.1. The maximum atomic E-state index is 5.55.